The summed E-state index contributed by atoms with van der Waals surface area (Å²) in [7, 11) is 0. The van der Waals surface area contributed by atoms with Crippen LogP contribution in [0.4, 0.5) is 10.5 Å². The zero-order chi connectivity index (χ0) is 19.9. The Kier molecular flexibility index (Phi) is 6.25. The highest BCUT2D eigenvalue weighted by atomic mass is 35.5. The fourth-order valence-electron chi connectivity index (χ4n) is 2.78. The summed E-state index contributed by atoms with van der Waals surface area (Å²) in [5, 5.41) is 15.0. The molecule has 1 heterocycles. The van der Waals surface area contributed by atoms with Crippen molar-refractivity contribution in [1.82, 2.24) is 10.3 Å². The summed E-state index contributed by atoms with van der Waals surface area (Å²) < 4.78 is 0. The Morgan fingerprint density at radius 1 is 1.18 bits per heavy atom. The van der Waals surface area contributed by atoms with Gasteiger partial charge in [-0.2, -0.15) is 5.26 Å². The van der Waals surface area contributed by atoms with E-state index in [4.69, 9.17) is 16.9 Å². The number of carbonyl (C=O) groups excluding carboxylic acids is 1. The van der Waals surface area contributed by atoms with Crippen LogP contribution in [0.5, 0.6) is 0 Å². The zero-order valence-electron chi connectivity index (χ0n) is 15.3. The van der Waals surface area contributed by atoms with Crippen LogP contribution in [-0.2, 0) is 6.42 Å². The van der Waals surface area contributed by atoms with E-state index >= 15 is 0 Å². The molecule has 3 rings (SSSR count). The van der Waals surface area contributed by atoms with Crippen LogP contribution in [0.15, 0.2) is 66.9 Å². The van der Waals surface area contributed by atoms with E-state index in [2.05, 4.69) is 15.6 Å². The number of rotatable bonds is 5. The molecule has 5 nitrogen and oxygen atoms in total. The van der Waals surface area contributed by atoms with Crippen LogP contribution < -0.4 is 10.6 Å². The molecule has 28 heavy (non-hydrogen) atoms. The fourth-order valence-corrected chi connectivity index (χ4v) is 3.00. The Bertz CT molecular complexity index is 997. The van der Waals surface area contributed by atoms with Gasteiger partial charge in [-0.3, -0.25) is 4.98 Å². The summed E-state index contributed by atoms with van der Waals surface area (Å²) in [5.74, 6) is 0. The maximum absolute atomic E-state index is 12.5. The van der Waals surface area contributed by atoms with E-state index in [1.165, 1.54) is 5.56 Å². The predicted molar refractivity (Wildman–Crippen MR) is 110 cm³/mol. The third-order valence-electron chi connectivity index (χ3n) is 4.26. The molecule has 0 fully saturated rings. The number of nitrogens with zero attached hydrogens (tertiary/aromatic N) is 2. The number of anilines is 1. The maximum atomic E-state index is 12.5. The first-order chi connectivity index (χ1) is 13.5. The molecule has 0 aliphatic heterocycles. The SMILES string of the molecule is Cc1ccc(CC(NC(=O)Nc2ccc(C#N)c(Cl)c2)c2ccccn2)cc1. The van der Waals surface area contributed by atoms with Gasteiger partial charge < -0.3 is 10.6 Å². The molecule has 0 bridgehead atoms. The molecule has 0 aliphatic rings. The van der Waals surface area contributed by atoms with Crippen LogP contribution in [0.1, 0.15) is 28.4 Å². The van der Waals surface area contributed by atoms with Crippen molar-refractivity contribution in [2.75, 3.05) is 5.32 Å². The van der Waals surface area contributed by atoms with Gasteiger partial charge in [0.15, 0.2) is 0 Å². The van der Waals surface area contributed by atoms with E-state index in [0.29, 0.717) is 22.7 Å². The van der Waals surface area contributed by atoms with Crippen LogP contribution in [0.3, 0.4) is 0 Å². The molecule has 1 aromatic heterocycles. The van der Waals surface area contributed by atoms with Crippen molar-refractivity contribution in [1.29, 1.82) is 5.26 Å². The molecule has 0 saturated heterocycles. The predicted octanol–water partition coefficient (Wildman–Crippen LogP) is 5.02. The van der Waals surface area contributed by atoms with Crippen molar-refractivity contribution in [2.45, 2.75) is 19.4 Å². The first-order valence-electron chi connectivity index (χ1n) is 8.79. The molecule has 6 heteroatoms. The highest BCUT2D eigenvalue weighted by Crippen LogP contribution is 2.21. The van der Waals surface area contributed by atoms with E-state index in [-0.39, 0.29) is 12.1 Å². The number of urea groups is 1. The van der Waals surface area contributed by atoms with Crippen LogP contribution in [0.2, 0.25) is 5.02 Å². The molecule has 2 aromatic carbocycles. The number of carbonyl (C=O) groups is 1. The number of halogens is 1. The number of nitrogens with one attached hydrogen (secondary N) is 2. The van der Waals surface area contributed by atoms with Gasteiger partial charge in [-0.1, -0.05) is 47.5 Å². The van der Waals surface area contributed by atoms with Gasteiger partial charge in [0.2, 0.25) is 0 Å². The van der Waals surface area contributed by atoms with Gasteiger partial charge in [0.25, 0.3) is 0 Å². The average molecular weight is 391 g/mol. The average Bonchev–Trinajstić information content (AvgIpc) is 2.70. The van der Waals surface area contributed by atoms with Crippen LogP contribution in [0, 0.1) is 18.3 Å². The molecule has 0 spiro atoms. The minimum atomic E-state index is -0.372. The van der Waals surface area contributed by atoms with E-state index in [9.17, 15) is 4.79 Å². The lowest BCUT2D eigenvalue weighted by Gasteiger charge is -2.19. The maximum Gasteiger partial charge on any atom is 0.319 e. The lowest BCUT2D eigenvalue weighted by Crippen LogP contribution is -2.34. The molecule has 3 aromatic rings. The number of pyridine rings is 1. The third kappa shape index (κ3) is 5.09. The van der Waals surface area contributed by atoms with Gasteiger partial charge in [0.1, 0.15) is 6.07 Å². The van der Waals surface area contributed by atoms with E-state index < -0.39 is 0 Å². The molecule has 0 radical (unpaired) electrons. The van der Waals surface area contributed by atoms with Crippen LogP contribution in [0.25, 0.3) is 0 Å². The van der Waals surface area contributed by atoms with Crippen molar-refractivity contribution in [3.63, 3.8) is 0 Å². The Labute approximate surface area is 169 Å². The van der Waals surface area contributed by atoms with E-state index in [1.54, 1.807) is 24.4 Å². The lowest BCUT2D eigenvalue weighted by atomic mass is 10.0. The van der Waals surface area contributed by atoms with Gasteiger partial charge in [-0.05, 0) is 49.2 Å². The number of aromatic nitrogens is 1. The molecule has 140 valence electrons. The third-order valence-corrected chi connectivity index (χ3v) is 4.57. The number of nitriles is 1. The highest BCUT2D eigenvalue weighted by molar-refractivity contribution is 6.32. The Morgan fingerprint density at radius 3 is 2.61 bits per heavy atom. The second-order valence-corrected chi connectivity index (χ2v) is 6.81. The zero-order valence-corrected chi connectivity index (χ0v) is 16.1. The Morgan fingerprint density at radius 2 is 1.96 bits per heavy atom. The smallest absolute Gasteiger partial charge is 0.319 e. The van der Waals surface area contributed by atoms with Gasteiger partial charge in [0.05, 0.1) is 22.3 Å². The second kappa shape index (κ2) is 9.03. The Balaban J connectivity index is 1.75. The van der Waals surface area contributed by atoms with Gasteiger partial charge in [-0.15, -0.1) is 0 Å². The van der Waals surface area contributed by atoms with Crippen molar-refractivity contribution < 1.29 is 4.79 Å². The van der Waals surface area contributed by atoms with Crippen LogP contribution in [-0.4, -0.2) is 11.0 Å². The van der Waals surface area contributed by atoms with Crippen molar-refractivity contribution >= 4 is 23.3 Å². The molecule has 2 N–H and O–H groups in total. The summed E-state index contributed by atoms with van der Waals surface area (Å²) in [4.78, 5) is 16.9. The second-order valence-electron chi connectivity index (χ2n) is 6.40. The van der Waals surface area contributed by atoms with Crippen LogP contribution >= 0.6 is 11.6 Å². The number of aryl methyl sites for hydroxylation is 1. The highest BCUT2D eigenvalue weighted by Gasteiger charge is 2.17. The number of hydrogen-bond acceptors (Lipinski definition) is 3. The molecule has 1 atom stereocenters. The molecule has 2 amide bonds. The number of hydrogen-bond donors (Lipinski definition) is 2. The molecule has 0 saturated carbocycles. The fraction of sp³-hybridized carbons (Fsp3) is 0.136. The first kappa shape index (κ1) is 19.4. The molecule has 0 aliphatic carbocycles. The summed E-state index contributed by atoms with van der Waals surface area (Å²) in [6.07, 6.45) is 2.32. The Hall–Kier alpha value is -3.36. The summed E-state index contributed by atoms with van der Waals surface area (Å²) in [6, 6.07) is 19.9. The van der Waals surface area contributed by atoms with Crippen molar-refractivity contribution in [3.8, 4) is 6.07 Å². The van der Waals surface area contributed by atoms with E-state index in [1.807, 2.05) is 55.5 Å². The number of benzene rings is 2. The molecule has 1 unspecified atom stereocenters. The largest absolute Gasteiger partial charge is 0.329 e. The summed E-state index contributed by atoms with van der Waals surface area (Å²) in [6.45, 7) is 2.04. The molecular formula is C22H19ClN4O. The van der Waals surface area contributed by atoms with Gasteiger partial charge in [-0.25, -0.2) is 4.79 Å². The summed E-state index contributed by atoms with van der Waals surface area (Å²) in [5.41, 5.74) is 3.93. The van der Waals surface area contributed by atoms with Gasteiger partial charge in [0, 0.05) is 11.9 Å². The standard InChI is InChI=1S/C22H19ClN4O/c1-15-5-7-16(8-6-15)12-21(20-4-2-3-11-25-20)27-22(28)26-18-10-9-17(14-24)19(23)13-18/h2-11,13,21H,12H2,1H3,(H2,26,27,28). The normalized spacial score (nSPS) is 11.3. The first-order valence-corrected chi connectivity index (χ1v) is 9.16. The minimum absolute atomic E-state index is 0.293. The van der Waals surface area contributed by atoms with Gasteiger partial charge >= 0.3 is 6.03 Å². The summed E-state index contributed by atoms with van der Waals surface area (Å²) >= 11 is 6.03. The lowest BCUT2D eigenvalue weighted by molar-refractivity contribution is 0.248. The van der Waals surface area contributed by atoms with Crippen molar-refractivity contribution in [3.05, 3.63) is 94.3 Å². The monoisotopic (exact) mass is 390 g/mol. The van der Waals surface area contributed by atoms with E-state index in [0.717, 1.165) is 11.3 Å². The van der Waals surface area contributed by atoms with Crippen molar-refractivity contribution in [2.24, 2.45) is 0 Å². The minimum Gasteiger partial charge on any atom is -0.329 e. The quantitative estimate of drug-likeness (QED) is 0.642. The molecular weight excluding hydrogens is 372 g/mol. The topological polar surface area (TPSA) is 77.8 Å². The number of amides is 2.